The molecule has 1 heterocycles. The van der Waals surface area contributed by atoms with Gasteiger partial charge in [0.1, 0.15) is 6.07 Å². The van der Waals surface area contributed by atoms with E-state index in [1.54, 1.807) is 13.0 Å². The first kappa shape index (κ1) is 14.3. The Morgan fingerprint density at radius 2 is 2.18 bits per heavy atom. The average Bonchev–Trinajstić information content (AvgIpc) is 2.14. The van der Waals surface area contributed by atoms with Gasteiger partial charge in [-0.3, -0.25) is 4.98 Å². The summed E-state index contributed by atoms with van der Waals surface area (Å²) in [6.45, 7) is 3.59. The van der Waals surface area contributed by atoms with Gasteiger partial charge in [0, 0.05) is 27.0 Å². The fourth-order valence-electron chi connectivity index (χ4n) is 1.29. The topological polar surface area (TPSA) is 70.8 Å². The van der Waals surface area contributed by atoms with Crippen molar-refractivity contribution in [1.29, 1.82) is 5.26 Å². The molecule has 1 rings (SSSR count). The van der Waals surface area contributed by atoms with E-state index in [1.807, 2.05) is 6.92 Å². The molecule has 0 saturated carbocycles. The first-order chi connectivity index (χ1) is 7.83. The summed E-state index contributed by atoms with van der Waals surface area (Å²) in [7, 11) is 1.64. The van der Waals surface area contributed by atoms with Gasteiger partial charge in [-0.05, 0) is 19.9 Å². The summed E-state index contributed by atoms with van der Waals surface area (Å²) >= 11 is 1.30. The minimum absolute atomic E-state index is 0.121. The van der Waals surface area contributed by atoms with Crippen LogP contribution in [0.5, 0.6) is 0 Å². The molecule has 1 aromatic heterocycles. The lowest BCUT2D eigenvalue weighted by Gasteiger charge is -2.06. The average molecular weight is 291 g/mol. The largest absolute Gasteiger partial charge is 0.257 e. The maximum Gasteiger partial charge on any atom is 0.233 e. The Morgan fingerprint density at radius 3 is 2.71 bits per heavy atom. The molecule has 4 nitrogen and oxygen atoms in total. The van der Waals surface area contributed by atoms with Gasteiger partial charge in [0.15, 0.2) is 0 Å². The molecule has 0 aromatic carbocycles. The van der Waals surface area contributed by atoms with Gasteiger partial charge in [0.05, 0.1) is 17.0 Å². The van der Waals surface area contributed by atoms with E-state index in [4.69, 9.17) is 15.9 Å². The molecule has 0 amide bonds. The molecule has 0 radical (unpaired) electrons. The third-order valence-electron chi connectivity index (χ3n) is 1.99. The molecule has 0 bridgehead atoms. The van der Waals surface area contributed by atoms with Crippen molar-refractivity contribution < 1.29 is 8.42 Å². The zero-order valence-electron chi connectivity index (χ0n) is 9.40. The van der Waals surface area contributed by atoms with Gasteiger partial charge < -0.3 is 0 Å². The van der Waals surface area contributed by atoms with Crippen molar-refractivity contribution in [2.45, 2.75) is 18.7 Å². The van der Waals surface area contributed by atoms with Crippen LogP contribution in [0.3, 0.4) is 0 Å². The van der Waals surface area contributed by atoms with E-state index in [2.05, 4.69) is 11.1 Å². The van der Waals surface area contributed by atoms with E-state index < -0.39 is 9.05 Å². The fraction of sp³-hybridized carbons (Fsp3) is 0.400. The quantitative estimate of drug-likeness (QED) is 0.628. The van der Waals surface area contributed by atoms with Crippen LogP contribution < -0.4 is 0 Å². The number of nitrogens with zero attached hydrogens (tertiary/aromatic N) is 2. The molecular weight excluding hydrogens is 280 g/mol. The Labute approximate surface area is 109 Å². The number of rotatable bonds is 4. The highest BCUT2D eigenvalue weighted by atomic mass is 35.7. The molecule has 1 aromatic rings. The minimum atomic E-state index is -3.48. The first-order valence-electron chi connectivity index (χ1n) is 4.77. The summed E-state index contributed by atoms with van der Waals surface area (Å²) in [6.07, 6.45) is 0. The zero-order valence-corrected chi connectivity index (χ0v) is 11.8. The van der Waals surface area contributed by atoms with Gasteiger partial charge in [-0.2, -0.15) is 5.26 Å². The van der Waals surface area contributed by atoms with E-state index >= 15 is 0 Å². The number of aromatic nitrogens is 1. The normalized spacial score (nSPS) is 11.2. The molecule has 7 heteroatoms. The molecule has 0 N–H and O–H groups in total. The lowest BCUT2D eigenvalue weighted by molar-refractivity contribution is 0.611. The van der Waals surface area contributed by atoms with E-state index in [9.17, 15) is 8.42 Å². The summed E-state index contributed by atoms with van der Waals surface area (Å²) < 4.78 is 21.6. The number of hydrogen-bond acceptors (Lipinski definition) is 5. The van der Waals surface area contributed by atoms with Crippen LogP contribution in [0.2, 0.25) is 0 Å². The molecule has 0 aliphatic carbocycles. The highest BCUT2D eigenvalue weighted by Crippen LogP contribution is 2.25. The van der Waals surface area contributed by atoms with E-state index in [0.29, 0.717) is 17.0 Å². The van der Waals surface area contributed by atoms with E-state index in [1.165, 1.54) is 11.8 Å². The molecular formula is C10H11ClN2O2S2. The third-order valence-corrected chi connectivity index (χ3v) is 4.44. The van der Waals surface area contributed by atoms with Crippen molar-refractivity contribution in [2.24, 2.45) is 0 Å². The fourth-order valence-corrected chi connectivity index (χ4v) is 3.80. The Kier molecular flexibility index (Phi) is 4.80. The molecule has 0 atom stereocenters. The van der Waals surface area contributed by atoms with Crippen molar-refractivity contribution in [3.8, 4) is 6.07 Å². The Bertz CT molecular complexity index is 564. The molecule has 0 saturated heterocycles. The summed E-state index contributed by atoms with van der Waals surface area (Å²) in [4.78, 5) is 4.93. The second-order valence-corrected chi connectivity index (χ2v) is 7.46. The maximum absolute atomic E-state index is 10.8. The van der Waals surface area contributed by atoms with Crippen molar-refractivity contribution in [3.05, 3.63) is 23.0 Å². The molecule has 0 spiro atoms. The van der Waals surface area contributed by atoms with E-state index in [-0.39, 0.29) is 5.75 Å². The number of aryl methyl sites for hydroxylation is 2. The van der Waals surface area contributed by atoms with Crippen LogP contribution in [0, 0.1) is 25.2 Å². The minimum Gasteiger partial charge on any atom is -0.257 e. The van der Waals surface area contributed by atoms with E-state index in [0.717, 1.165) is 10.6 Å². The Hall–Kier alpha value is -0.770. The second kappa shape index (κ2) is 5.71. The van der Waals surface area contributed by atoms with Crippen LogP contribution in [-0.2, 0) is 9.05 Å². The second-order valence-electron chi connectivity index (χ2n) is 3.43. The predicted octanol–water partition coefficient (Wildman–Crippen LogP) is 2.23. The molecule has 92 valence electrons. The third kappa shape index (κ3) is 4.54. The molecule has 0 fully saturated rings. The smallest absolute Gasteiger partial charge is 0.233 e. The number of thioether (sulfide) groups is 1. The van der Waals surface area contributed by atoms with Crippen LogP contribution in [0.15, 0.2) is 11.0 Å². The summed E-state index contributed by atoms with van der Waals surface area (Å²) in [5.74, 6) is 0.202. The number of nitriles is 1. The van der Waals surface area contributed by atoms with Crippen LogP contribution in [0.1, 0.15) is 17.0 Å². The lowest BCUT2D eigenvalue weighted by Crippen LogP contribution is -2.01. The first-order valence-corrected chi connectivity index (χ1v) is 8.23. The molecule has 17 heavy (non-hydrogen) atoms. The monoisotopic (exact) mass is 290 g/mol. The number of hydrogen-bond donors (Lipinski definition) is 0. The van der Waals surface area contributed by atoms with Gasteiger partial charge in [0.2, 0.25) is 9.05 Å². The SMILES string of the molecule is Cc1cc(SCCS(=O)(=O)Cl)c(C#N)c(C)n1. The van der Waals surface area contributed by atoms with Crippen molar-refractivity contribution in [2.75, 3.05) is 11.5 Å². The number of halogens is 1. The highest BCUT2D eigenvalue weighted by Gasteiger charge is 2.10. The van der Waals surface area contributed by atoms with Crippen molar-refractivity contribution >= 4 is 31.5 Å². The molecule has 0 aliphatic heterocycles. The van der Waals surface area contributed by atoms with Crippen molar-refractivity contribution in [1.82, 2.24) is 4.98 Å². The predicted molar refractivity (Wildman–Crippen MR) is 68.8 cm³/mol. The molecule has 0 unspecified atom stereocenters. The summed E-state index contributed by atoms with van der Waals surface area (Å²) in [5.41, 5.74) is 1.95. The van der Waals surface area contributed by atoms with Crippen LogP contribution >= 0.6 is 22.4 Å². The van der Waals surface area contributed by atoms with Gasteiger partial charge in [-0.15, -0.1) is 11.8 Å². The summed E-state index contributed by atoms with van der Waals surface area (Å²) in [6, 6.07) is 3.85. The highest BCUT2D eigenvalue weighted by molar-refractivity contribution is 8.14. The Morgan fingerprint density at radius 1 is 1.53 bits per heavy atom. The lowest BCUT2D eigenvalue weighted by atomic mass is 10.2. The number of pyridine rings is 1. The Balaban J connectivity index is 2.88. The zero-order chi connectivity index (χ0) is 13.1. The van der Waals surface area contributed by atoms with Crippen molar-refractivity contribution in [3.63, 3.8) is 0 Å². The maximum atomic E-state index is 10.8. The van der Waals surface area contributed by atoms with Gasteiger partial charge in [-0.1, -0.05) is 0 Å². The van der Waals surface area contributed by atoms with Crippen LogP contribution in [0.25, 0.3) is 0 Å². The van der Waals surface area contributed by atoms with Crippen LogP contribution in [0.4, 0.5) is 0 Å². The standard InChI is InChI=1S/C10H11ClN2O2S2/c1-7-5-10(9(6-12)8(2)13-7)16-3-4-17(11,14)15/h5H,3-4H2,1-2H3. The van der Waals surface area contributed by atoms with Gasteiger partial charge in [0.25, 0.3) is 0 Å². The summed E-state index contributed by atoms with van der Waals surface area (Å²) in [5, 5.41) is 9.00. The van der Waals surface area contributed by atoms with Gasteiger partial charge >= 0.3 is 0 Å². The van der Waals surface area contributed by atoms with Gasteiger partial charge in [-0.25, -0.2) is 8.42 Å². The van der Waals surface area contributed by atoms with Crippen LogP contribution in [-0.4, -0.2) is 24.9 Å². The molecule has 0 aliphatic rings.